The summed E-state index contributed by atoms with van der Waals surface area (Å²) in [6, 6.07) is 5.62. The van der Waals surface area contributed by atoms with E-state index < -0.39 is 5.54 Å². The highest BCUT2D eigenvalue weighted by Crippen LogP contribution is 2.41. The Morgan fingerprint density at radius 3 is 2.85 bits per heavy atom. The van der Waals surface area contributed by atoms with E-state index in [1.165, 1.54) is 0 Å². The van der Waals surface area contributed by atoms with Crippen LogP contribution in [0.1, 0.15) is 26.2 Å². The molecular weight excluding hydrogens is 315 g/mol. The Hall–Kier alpha value is -0.420. The Morgan fingerprint density at radius 2 is 2.25 bits per heavy atom. The van der Waals surface area contributed by atoms with Gasteiger partial charge in [0.05, 0.1) is 15.6 Å². The van der Waals surface area contributed by atoms with Crippen molar-refractivity contribution in [2.75, 3.05) is 6.54 Å². The van der Waals surface area contributed by atoms with Gasteiger partial charge in [-0.15, -0.1) is 11.8 Å². The smallest absolute Gasteiger partial charge is 0.237 e. The summed E-state index contributed by atoms with van der Waals surface area (Å²) < 4.78 is 0. The van der Waals surface area contributed by atoms with E-state index in [4.69, 9.17) is 28.9 Å². The number of carbonyl (C=O) groups is 1. The number of halogens is 2. The van der Waals surface area contributed by atoms with Gasteiger partial charge in [0.15, 0.2) is 0 Å². The number of thioether (sulfide) groups is 1. The van der Waals surface area contributed by atoms with Gasteiger partial charge in [-0.05, 0) is 44.0 Å². The van der Waals surface area contributed by atoms with Crippen molar-refractivity contribution >= 4 is 40.9 Å². The molecule has 0 aromatic heterocycles. The molecule has 6 heteroatoms. The minimum atomic E-state index is -0.553. The van der Waals surface area contributed by atoms with E-state index in [0.29, 0.717) is 15.3 Å². The predicted molar refractivity (Wildman–Crippen MR) is 85.6 cm³/mol. The Morgan fingerprint density at radius 1 is 1.50 bits per heavy atom. The zero-order valence-electron chi connectivity index (χ0n) is 11.3. The van der Waals surface area contributed by atoms with Gasteiger partial charge in [0.25, 0.3) is 0 Å². The van der Waals surface area contributed by atoms with Crippen molar-refractivity contribution in [2.45, 2.75) is 41.9 Å². The van der Waals surface area contributed by atoms with Crippen LogP contribution in [0.3, 0.4) is 0 Å². The summed E-state index contributed by atoms with van der Waals surface area (Å²) in [7, 11) is 0. The van der Waals surface area contributed by atoms with Crippen molar-refractivity contribution < 1.29 is 4.79 Å². The van der Waals surface area contributed by atoms with Crippen LogP contribution < -0.4 is 11.1 Å². The van der Waals surface area contributed by atoms with Crippen molar-refractivity contribution in [1.82, 2.24) is 5.32 Å². The molecule has 0 heterocycles. The standard InChI is InChI=1S/C14H18Cl2N2OS/c1-2-18-14(13(17)19)6-5-10(8-14)20-9-3-4-11(15)12(16)7-9/h3-4,7,10,18H,2,5-6,8H2,1H3,(H2,17,19). The van der Waals surface area contributed by atoms with Crippen LogP contribution in [-0.4, -0.2) is 23.2 Å². The predicted octanol–water partition coefficient (Wildman–Crippen LogP) is 3.47. The first-order valence-electron chi connectivity index (χ1n) is 6.63. The number of benzene rings is 1. The third-order valence-electron chi connectivity index (χ3n) is 3.65. The van der Waals surface area contributed by atoms with E-state index in [9.17, 15) is 4.79 Å². The second kappa shape index (κ2) is 6.56. The largest absolute Gasteiger partial charge is 0.368 e. The molecular formula is C14H18Cl2N2OS. The fraction of sp³-hybridized carbons (Fsp3) is 0.500. The van der Waals surface area contributed by atoms with Crippen LogP contribution in [0.15, 0.2) is 23.1 Å². The summed E-state index contributed by atoms with van der Waals surface area (Å²) in [6.45, 7) is 2.73. The van der Waals surface area contributed by atoms with Crippen LogP contribution in [0, 0.1) is 0 Å². The highest BCUT2D eigenvalue weighted by molar-refractivity contribution is 8.00. The van der Waals surface area contributed by atoms with E-state index in [2.05, 4.69) is 5.32 Å². The maximum absolute atomic E-state index is 11.7. The molecule has 0 spiro atoms. The van der Waals surface area contributed by atoms with Gasteiger partial charge in [-0.2, -0.15) is 0 Å². The first-order valence-corrected chi connectivity index (χ1v) is 8.27. The fourth-order valence-corrected chi connectivity index (χ4v) is 4.34. The molecule has 0 radical (unpaired) electrons. The molecule has 110 valence electrons. The van der Waals surface area contributed by atoms with Crippen LogP contribution >= 0.6 is 35.0 Å². The molecule has 1 fully saturated rings. The zero-order chi connectivity index (χ0) is 14.8. The molecule has 1 aliphatic rings. The molecule has 20 heavy (non-hydrogen) atoms. The summed E-state index contributed by atoms with van der Waals surface area (Å²) in [5.74, 6) is -0.253. The molecule has 1 amide bonds. The number of carbonyl (C=O) groups excluding carboxylic acids is 1. The van der Waals surface area contributed by atoms with Crippen molar-refractivity contribution in [2.24, 2.45) is 5.73 Å². The van der Waals surface area contributed by atoms with Gasteiger partial charge in [0.1, 0.15) is 0 Å². The SMILES string of the molecule is CCNC1(C(N)=O)CCC(Sc2ccc(Cl)c(Cl)c2)C1. The third-order valence-corrected chi connectivity index (χ3v) is 5.65. The molecule has 3 N–H and O–H groups in total. The number of primary amides is 1. The van der Waals surface area contributed by atoms with E-state index in [-0.39, 0.29) is 5.91 Å². The summed E-state index contributed by atoms with van der Waals surface area (Å²) in [5.41, 5.74) is 5.02. The molecule has 2 atom stereocenters. The number of hydrogen-bond acceptors (Lipinski definition) is 3. The quantitative estimate of drug-likeness (QED) is 0.867. The molecule has 2 unspecified atom stereocenters. The van der Waals surface area contributed by atoms with E-state index in [1.807, 2.05) is 19.1 Å². The summed E-state index contributed by atoms with van der Waals surface area (Å²) >= 11 is 13.7. The average Bonchev–Trinajstić information content (AvgIpc) is 2.79. The van der Waals surface area contributed by atoms with Gasteiger partial charge in [-0.1, -0.05) is 30.1 Å². The Balaban J connectivity index is 2.05. The van der Waals surface area contributed by atoms with Gasteiger partial charge in [-0.3, -0.25) is 4.79 Å². The number of likely N-dealkylation sites (N-methyl/N-ethyl adjacent to an activating group) is 1. The molecule has 2 rings (SSSR count). The van der Waals surface area contributed by atoms with Gasteiger partial charge in [-0.25, -0.2) is 0 Å². The molecule has 0 saturated heterocycles. The Labute approximate surface area is 133 Å². The van der Waals surface area contributed by atoms with Crippen molar-refractivity contribution in [3.8, 4) is 0 Å². The summed E-state index contributed by atoms with van der Waals surface area (Å²) in [4.78, 5) is 12.8. The lowest BCUT2D eigenvalue weighted by molar-refractivity contribution is -0.124. The minimum absolute atomic E-state index is 0.253. The summed E-state index contributed by atoms with van der Waals surface area (Å²) in [6.07, 6.45) is 2.50. The molecule has 0 aliphatic heterocycles. The van der Waals surface area contributed by atoms with Crippen LogP contribution in [0.4, 0.5) is 0 Å². The highest BCUT2D eigenvalue weighted by atomic mass is 35.5. The summed E-state index contributed by atoms with van der Waals surface area (Å²) in [5, 5.41) is 4.73. The minimum Gasteiger partial charge on any atom is -0.368 e. The lowest BCUT2D eigenvalue weighted by atomic mass is 9.97. The van der Waals surface area contributed by atoms with Crippen molar-refractivity contribution in [3.63, 3.8) is 0 Å². The van der Waals surface area contributed by atoms with E-state index in [0.717, 1.165) is 30.7 Å². The molecule has 3 nitrogen and oxygen atoms in total. The van der Waals surface area contributed by atoms with Crippen LogP contribution in [0.25, 0.3) is 0 Å². The molecule has 0 bridgehead atoms. The van der Waals surface area contributed by atoms with Gasteiger partial charge in [0, 0.05) is 10.1 Å². The number of hydrogen-bond donors (Lipinski definition) is 2. The second-order valence-corrected chi connectivity index (χ2v) is 7.22. The normalized spacial score (nSPS) is 25.9. The first kappa shape index (κ1) is 16.0. The topological polar surface area (TPSA) is 55.1 Å². The lowest BCUT2D eigenvalue weighted by Crippen LogP contribution is -2.53. The molecule has 1 aromatic carbocycles. The van der Waals surface area contributed by atoms with Crippen molar-refractivity contribution in [3.05, 3.63) is 28.2 Å². The monoisotopic (exact) mass is 332 g/mol. The fourth-order valence-electron chi connectivity index (χ4n) is 2.65. The van der Waals surface area contributed by atoms with E-state index >= 15 is 0 Å². The first-order chi connectivity index (χ1) is 9.47. The maximum Gasteiger partial charge on any atom is 0.237 e. The van der Waals surface area contributed by atoms with E-state index in [1.54, 1.807) is 17.8 Å². The third kappa shape index (κ3) is 3.42. The Bertz CT molecular complexity index is 512. The van der Waals surface area contributed by atoms with Gasteiger partial charge < -0.3 is 11.1 Å². The van der Waals surface area contributed by atoms with Gasteiger partial charge >= 0.3 is 0 Å². The Kier molecular flexibility index (Phi) is 5.24. The molecule has 1 saturated carbocycles. The van der Waals surface area contributed by atoms with Gasteiger partial charge in [0.2, 0.25) is 5.91 Å². The van der Waals surface area contributed by atoms with Crippen molar-refractivity contribution in [1.29, 1.82) is 0 Å². The van der Waals surface area contributed by atoms with Crippen LogP contribution in [-0.2, 0) is 4.79 Å². The lowest BCUT2D eigenvalue weighted by Gasteiger charge is -2.26. The van der Waals surface area contributed by atoms with Crippen LogP contribution in [0.2, 0.25) is 10.0 Å². The molecule has 1 aromatic rings. The number of amides is 1. The number of nitrogens with two attached hydrogens (primary N) is 1. The zero-order valence-corrected chi connectivity index (χ0v) is 13.6. The highest BCUT2D eigenvalue weighted by Gasteiger charge is 2.43. The molecule has 1 aliphatic carbocycles. The second-order valence-electron chi connectivity index (χ2n) is 5.04. The maximum atomic E-state index is 11.7. The van der Waals surface area contributed by atoms with Crippen LogP contribution in [0.5, 0.6) is 0 Å². The average molecular weight is 333 g/mol. The number of nitrogens with one attached hydrogen (secondary N) is 1. The number of rotatable bonds is 5.